The molecule has 31 heavy (non-hydrogen) atoms. The van der Waals surface area contributed by atoms with Crippen molar-refractivity contribution in [3.05, 3.63) is 105 Å². The van der Waals surface area contributed by atoms with E-state index in [2.05, 4.69) is 10.6 Å². The molecule has 0 aliphatic rings. The van der Waals surface area contributed by atoms with Gasteiger partial charge < -0.3 is 10.6 Å². The minimum Gasteiger partial charge on any atom is -0.349 e. The molecular weight excluding hydrogens is 401 g/mol. The van der Waals surface area contributed by atoms with Crippen LogP contribution in [-0.4, -0.2) is 16.7 Å². The van der Waals surface area contributed by atoms with E-state index in [9.17, 15) is 24.1 Å². The maximum atomic E-state index is 13.0. The standard InChI is InChI=1S/C23H20FN3O4/c1-15(25-22(28)14-18-4-2-3-5-21(18)27(30)31)16-8-12-20(13-9-16)26-23(29)17-6-10-19(24)11-7-17/h2-13,15H,14H2,1H3,(H,25,28)(H,26,29). The van der Waals surface area contributed by atoms with Crippen molar-refractivity contribution in [3.63, 3.8) is 0 Å². The monoisotopic (exact) mass is 421 g/mol. The maximum absolute atomic E-state index is 13.0. The van der Waals surface area contributed by atoms with Gasteiger partial charge in [-0.05, 0) is 48.9 Å². The van der Waals surface area contributed by atoms with Gasteiger partial charge in [0.1, 0.15) is 5.82 Å². The third kappa shape index (κ3) is 5.72. The summed E-state index contributed by atoms with van der Waals surface area (Å²) in [7, 11) is 0. The van der Waals surface area contributed by atoms with Gasteiger partial charge in [-0.15, -0.1) is 0 Å². The predicted octanol–water partition coefficient (Wildman–Crippen LogP) is 4.41. The Kier molecular flexibility index (Phi) is 6.71. The van der Waals surface area contributed by atoms with Crippen molar-refractivity contribution in [2.24, 2.45) is 0 Å². The van der Waals surface area contributed by atoms with Crippen LogP contribution in [0.1, 0.15) is 34.5 Å². The van der Waals surface area contributed by atoms with Gasteiger partial charge in [-0.1, -0.05) is 30.3 Å². The SMILES string of the molecule is CC(NC(=O)Cc1ccccc1[N+](=O)[O-])c1ccc(NC(=O)c2ccc(F)cc2)cc1. The molecule has 2 N–H and O–H groups in total. The van der Waals surface area contributed by atoms with E-state index in [0.717, 1.165) is 5.56 Å². The van der Waals surface area contributed by atoms with Gasteiger partial charge >= 0.3 is 0 Å². The molecule has 0 saturated carbocycles. The largest absolute Gasteiger partial charge is 0.349 e. The molecule has 7 nitrogen and oxygen atoms in total. The van der Waals surface area contributed by atoms with E-state index in [1.165, 1.54) is 30.3 Å². The number of carbonyl (C=O) groups excluding carboxylic acids is 2. The maximum Gasteiger partial charge on any atom is 0.273 e. The first-order valence-corrected chi connectivity index (χ1v) is 9.52. The molecule has 0 saturated heterocycles. The molecule has 0 radical (unpaired) electrons. The summed E-state index contributed by atoms with van der Waals surface area (Å²) in [6, 6.07) is 17.9. The van der Waals surface area contributed by atoms with Gasteiger partial charge in [0.25, 0.3) is 11.6 Å². The van der Waals surface area contributed by atoms with Crippen LogP contribution in [0, 0.1) is 15.9 Å². The average molecular weight is 421 g/mol. The number of halogens is 1. The second-order valence-electron chi connectivity index (χ2n) is 6.93. The fourth-order valence-electron chi connectivity index (χ4n) is 3.05. The van der Waals surface area contributed by atoms with Crippen molar-refractivity contribution in [1.29, 1.82) is 0 Å². The Morgan fingerprint density at radius 2 is 1.65 bits per heavy atom. The third-order valence-electron chi connectivity index (χ3n) is 4.69. The second-order valence-corrected chi connectivity index (χ2v) is 6.93. The van der Waals surface area contributed by atoms with Gasteiger partial charge in [0.2, 0.25) is 5.91 Å². The summed E-state index contributed by atoms with van der Waals surface area (Å²) in [5.74, 6) is -1.12. The normalized spacial score (nSPS) is 11.4. The smallest absolute Gasteiger partial charge is 0.273 e. The van der Waals surface area contributed by atoms with E-state index < -0.39 is 10.7 Å². The Labute approximate surface area is 178 Å². The Bertz CT molecular complexity index is 1100. The molecule has 0 fully saturated rings. The van der Waals surface area contributed by atoms with E-state index >= 15 is 0 Å². The van der Waals surface area contributed by atoms with Crippen molar-refractivity contribution in [3.8, 4) is 0 Å². The minimum absolute atomic E-state index is 0.0912. The number of hydrogen-bond donors (Lipinski definition) is 2. The zero-order chi connectivity index (χ0) is 22.4. The molecular formula is C23H20FN3O4. The highest BCUT2D eigenvalue weighted by Crippen LogP contribution is 2.20. The Morgan fingerprint density at radius 1 is 1.00 bits per heavy atom. The number of nitrogens with zero attached hydrogens (tertiary/aromatic N) is 1. The van der Waals surface area contributed by atoms with E-state index in [0.29, 0.717) is 16.8 Å². The van der Waals surface area contributed by atoms with Crippen LogP contribution in [0.5, 0.6) is 0 Å². The lowest BCUT2D eigenvalue weighted by atomic mass is 10.1. The summed E-state index contributed by atoms with van der Waals surface area (Å²) in [6.45, 7) is 1.80. The molecule has 3 aromatic carbocycles. The molecule has 0 aromatic heterocycles. The van der Waals surface area contributed by atoms with Crippen LogP contribution in [0.3, 0.4) is 0 Å². The topological polar surface area (TPSA) is 101 Å². The van der Waals surface area contributed by atoms with Crippen LogP contribution in [0.25, 0.3) is 0 Å². The van der Waals surface area contributed by atoms with E-state index in [1.807, 2.05) is 0 Å². The van der Waals surface area contributed by atoms with E-state index in [1.54, 1.807) is 49.4 Å². The first-order chi connectivity index (χ1) is 14.8. The third-order valence-corrected chi connectivity index (χ3v) is 4.69. The Hall–Kier alpha value is -4.07. The molecule has 0 spiro atoms. The van der Waals surface area contributed by atoms with Gasteiger partial charge in [-0.25, -0.2) is 4.39 Å². The molecule has 2 amide bonds. The number of nitro benzene ring substituents is 1. The molecule has 0 aliphatic heterocycles. The van der Waals surface area contributed by atoms with Crippen molar-refractivity contribution >= 4 is 23.2 Å². The summed E-state index contributed by atoms with van der Waals surface area (Å²) >= 11 is 0. The summed E-state index contributed by atoms with van der Waals surface area (Å²) in [4.78, 5) is 35.1. The van der Waals surface area contributed by atoms with Crippen LogP contribution < -0.4 is 10.6 Å². The molecule has 158 valence electrons. The van der Waals surface area contributed by atoms with Crippen LogP contribution in [0.4, 0.5) is 15.8 Å². The number of hydrogen-bond acceptors (Lipinski definition) is 4. The molecule has 1 atom stereocenters. The van der Waals surface area contributed by atoms with Crippen molar-refractivity contribution in [2.75, 3.05) is 5.32 Å². The Morgan fingerprint density at radius 3 is 2.29 bits per heavy atom. The highest BCUT2D eigenvalue weighted by molar-refractivity contribution is 6.04. The quantitative estimate of drug-likeness (QED) is 0.436. The lowest BCUT2D eigenvalue weighted by Gasteiger charge is -2.15. The van der Waals surface area contributed by atoms with E-state index in [-0.39, 0.29) is 30.0 Å². The highest BCUT2D eigenvalue weighted by atomic mass is 19.1. The number of anilines is 1. The van der Waals surface area contributed by atoms with Gasteiger partial charge in [0, 0.05) is 22.9 Å². The molecule has 0 heterocycles. The first-order valence-electron chi connectivity index (χ1n) is 9.52. The van der Waals surface area contributed by atoms with E-state index in [4.69, 9.17) is 0 Å². The molecule has 0 aliphatic carbocycles. The number of amides is 2. The average Bonchev–Trinajstić information content (AvgIpc) is 2.74. The van der Waals surface area contributed by atoms with Crippen LogP contribution >= 0.6 is 0 Å². The summed E-state index contributed by atoms with van der Waals surface area (Å²) in [5, 5.41) is 16.6. The van der Waals surface area contributed by atoms with Gasteiger partial charge in [0.15, 0.2) is 0 Å². The van der Waals surface area contributed by atoms with Crippen LogP contribution in [0.2, 0.25) is 0 Å². The summed E-state index contributed by atoms with van der Waals surface area (Å²) in [5.41, 5.74) is 1.94. The minimum atomic E-state index is -0.509. The summed E-state index contributed by atoms with van der Waals surface area (Å²) in [6.07, 6.45) is -0.104. The number of rotatable bonds is 7. The molecule has 1 unspecified atom stereocenters. The van der Waals surface area contributed by atoms with Crippen LogP contribution in [-0.2, 0) is 11.2 Å². The number of para-hydroxylation sites is 1. The number of nitrogens with one attached hydrogen (secondary N) is 2. The molecule has 0 bridgehead atoms. The number of benzene rings is 3. The van der Waals surface area contributed by atoms with Crippen molar-refractivity contribution < 1.29 is 18.9 Å². The molecule has 3 rings (SSSR count). The fraction of sp³-hybridized carbons (Fsp3) is 0.130. The molecule has 3 aromatic rings. The number of carbonyl (C=O) groups is 2. The lowest BCUT2D eigenvalue weighted by Crippen LogP contribution is -2.28. The first kappa shape index (κ1) is 21.6. The molecule has 8 heteroatoms. The van der Waals surface area contributed by atoms with Gasteiger partial charge in [-0.2, -0.15) is 0 Å². The van der Waals surface area contributed by atoms with Crippen LogP contribution in [0.15, 0.2) is 72.8 Å². The zero-order valence-corrected chi connectivity index (χ0v) is 16.7. The van der Waals surface area contributed by atoms with Crippen molar-refractivity contribution in [2.45, 2.75) is 19.4 Å². The highest BCUT2D eigenvalue weighted by Gasteiger charge is 2.17. The van der Waals surface area contributed by atoms with Gasteiger partial charge in [0.05, 0.1) is 17.4 Å². The lowest BCUT2D eigenvalue weighted by molar-refractivity contribution is -0.385. The fourth-order valence-corrected chi connectivity index (χ4v) is 3.05. The van der Waals surface area contributed by atoms with Gasteiger partial charge in [-0.3, -0.25) is 19.7 Å². The van der Waals surface area contributed by atoms with Crippen molar-refractivity contribution in [1.82, 2.24) is 5.32 Å². The predicted molar refractivity (Wildman–Crippen MR) is 114 cm³/mol. The summed E-state index contributed by atoms with van der Waals surface area (Å²) < 4.78 is 13.0. The second kappa shape index (κ2) is 9.62. The zero-order valence-electron chi connectivity index (χ0n) is 16.7. The Balaban J connectivity index is 1.59. The number of nitro groups is 1.